The van der Waals surface area contributed by atoms with Crippen LogP contribution in [0.3, 0.4) is 0 Å². The molecule has 12 heavy (non-hydrogen) atoms. The number of aliphatic imine (C=N–C) groups is 1. The summed E-state index contributed by atoms with van der Waals surface area (Å²) in [5.74, 6) is 0. The van der Waals surface area contributed by atoms with Crippen LogP contribution in [-0.4, -0.2) is 12.8 Å². The van der Waals surface area contributed by atoms with Crippen LogP contribution in [0.1, 0.15) is 46.5 Å². The molecule has 1 heteroatoms. The minimum absolute atomic E-state index is 0.991. The Bertz CT molecular complexity index is 145. The predicted molar refractivity (Wildman–Crippen MR) is 56.9 cm³/mol. The molecule has 0 aliphatic heterocycles. The Labute approximate surface area is 76.6 Å². The maximum Gasteiger partial charge on any atom is 0.0389 e. The normalized spacial score (nSPS) is 12.8. The van der Waals surface area contributed by atoms with Gasteiger partial charge in [-0.3, -0.25) is 4.99 Å². The van der Waals surface area contributed by atoms with Gasteiger partial charge in [-0.05, 0) is 25.8 Å². The highest BCUT2D eigenvalue weighted by Crippen LogP contribution is 1.98. The van der Waals surface area contributed by atoms with E-state index < -0.39 is 0 Å². The van der Waals surface area contributed by atoms with E-state index in [1.165, 1.54) is 31.3 Å². The van der Waals surface area contributed by atoms with Crippen LogP contribution in [0.4, 0.5) is 0 Å². The van der Waals surface area contributed by atoms with E-state index in [-0.39, 0.29) is 0 Å². The van der Waals surface area contributed by atoms with Crippen molar-refractivity contribution in [1.82, 2.24) is 0 Å². The highest BCUT2D eigenvalue weighted by Gasteiger charge is 1.84. The van der Waals surface area contributed by atoms with Gasteiger partial charge in [-0.1, -0.05) is 32.3 Å². The Morgan fingerprint density at radius 1 is 1.25 bits per heavy atom. The maximum absolute atomic E-state index is 4.32. The summed E-state index contributed by atoms with van der Waals surface area (Å²) in [5.41, 5.74) is 1.26. The van der Waals surface area contributed by atoms with Crippen molar-refractivity contribution in [3.63, 3.8) is 0 Å². The molecule has 0 aliphatic carbocycles. The maximum atomic E-state index is 4.32. The molecule has 0 fully saturated rings. The van der Waals surface area contributed by atoms with Gasteiger partial charge in [-0.15, -0.1) is 0 Å². The Hall–Kier alpha value is -0.590. The minimum atomic E-state index is 0.991. The number of hydrogen-bond donors (Lipinski definition) is 0. The second kappa shape index (κ2) is 8.51. The topological polar surface area (TPSA) is 12.4 Å². The number of allylic oxidation sites excluding steroid dienone is 2. The van der Waals surface area contributed by atoms with Crippen LogP contribution in [0.5, 0.6) is 0 Å². The molecule has 0 saturated heterocycles. The molecule has 0 aromatic heterocycles. The fourth-order valence-corrected chi connectivity index (χ4v) is 0.913. The van der Waals surface area contributed by atoms with E-state index in [9.17, 15) is 0 Å². The van der Waals surface area contributed by atoms with Crippen molar-refractivity contribution in [1.29, 1.82) is 0 Å². The summed E-state index contributed by atoms with van der Waals surface area (Å²) in [6.07, 6.45) is 9.25. The molecule has 0 aromatic rings. The Balaban J connectivity index is 3.25. The second-order valence-electron chi connectivity index (χ2n) is 3.13. The second-order valence-corrected chi connectivity index (χ2v) is 3.13. The van der Waals surface area contributed by atoms with Crippen molar-refractivity contribution < 1.29 is 0 Å². The van der Waals surface area contributed by atoms with E-state index in [1.54, 1.807) is 0 Å². The van der Waals surface area contributed by atoms with Gasteiger partial charge in [0.05, 0.1) is 0 Å². The molecule has 0 amide bonds. The summed E-state index contributed by atoms with van der Waals surface area (Å²) >= 11 is 0. The van der Waals surface area contributed by atoms with Gasteiger partial charge in [-0.2, -0.15) is 0 Å². The van der Waals surface area contributed by atoms with Gasteiger partial charge in [0.2, 0.25) is 0 Å². The lowest BCUT2D eigenvalue weighted by Gasteiger charge is -1.94. The van der Waals surface area contributed by atoms with Gasteiger partial charge < -0.3 is 0 Å². The molecule has 1 nitrogen and oxygen atoms in total. The third kappa shape index (κ3) is 7.52. The van der Waals surface area contributed by atoms with Crippen LogP contribution >= 0.6 is 0 Å². The van der Waals surface area contributed by atoms with Gasteiger partial charge in [0.15, 0.2) is 0 Å². The minimum Gasteiger partial charge on any atom is -0.293 e. The quantitative estimate of drug-likeness (QED) is 0.423. The molecule has 0 atom stereocenters. The van der Waals surface area contributed by atoms with E-state index in [2.05, 4.69) is 24.9 Å². The predicted octanol–water partition coefficient (Wildman–Crippen LogP) is 3.60. The first kappa shape index (κ1) is 11.4. The first-order valence-electron chi connectivity index (χ1n) is 4.94. The molecule has 0 aromatic carbocycles. The average molecular weight is 167 g/mol. The largest absolute Gasteiger partial charge is 0.293 e. The highest BCUT2D eigenvalue weighted by atomic mass is 14.7. The monoisotopic (exact) mass is 167 g/mol. The number of unbranched alkanes of at least 4 members (excludes halogenated alkanes) is 3. The summed E-state index contributed by atoms with van der Waals surface area (Å²) < 4.78 is 0. The molecular formula is C11H21N. The van der Waals surface area contributed by atoms with Gasteiger partial charge in [0.25, 0.3) is 0 Å². The van der Waals surface area contributed by atoms with Crippen LogP contribution in [0.2, 0.25) is 0 Å². The van der Waals surface area contributed by atoms with Crippen molar-refractivity contribution in [2.75, 3.05) is 6.54 Å². The van der Waals surface area contributed by atoms with E-state index in [0.29, 0.717) is 0 Å². The molecule has 0 radical (unpaired) electrons. The molecule has 0 N–H and O–H groups in total. The lowest BCUT2D eigenvalue weighted by Crippen LogP contribution is -1.84. The lowest BCUT2D eigenvalue weighted by atomic mass is 10.2. The molecule has 70 valence electrons. The number of rotatable bonds is 6. The number of nitrogens with zero attached hydrogens (tertiary/aromatic N) is 1. The molecule has 0 heterocycles. The summed E-state index contributed by atoms with van der Waals surface area (Å²) in [6, 6.07) is 0. The smallest absolute Gasteiger partial charge is 0.0389 e. The van der Waals surface area contributed by atoms with Crippen LogP contribution in [0.15, 0.2) is 16.6 Å². The van der Waals surface area contributed by atoms with Crippen LogP contribution in [-0.2, 0) is 0 Å². The van der Waals surface area contributed by atoms with Crippen LogP contribution in [0.25, 0.3) is 0 Å². The van der Waals surface area contributed by atoms with Crippen LogP contribution < -0.4 is 0 Å². The Kier molecular flexibility index (Phi) is 8.09. The zero-order valence-electron chi connectivity index (χ0n) is 8.64. The van der Waals surface area contributed by atoms with E-state index >= 15 is 0 Å². The first-order chi connectivity index (χ1) is 5.81. The molecule has 0 bridgehead atoms. The molecule has 0 unspecified atom stereocenters. The van der Waals surface area contributed by atoms with Gasteiger partial charge >= 0.3 is 0 Å². The van der Waals surface area contributed by atoms with Crippen LogP contribution in [0, 0.1) is 0 Å². The average Bonchev–Trinajstić information content (AvgIpc) is 2.10. The van der Waals surface area contributed by atoms with E-state index in [4.69, 9.17) is 0 Å². The fourth-order valence-electron chi connectivity index (χ4n) is 0.913. The Morgan fingerprint density at radius 2 is 2.00 bits per heavy atom. The SMILES string of the molecule is CC=C(C)C=NCCCCCC. The summed E-state index contributed by atoms with van der Waals surface area (Å²) in [6.45, 7) is 7.34. The van der Waals surface area contributed by atoms with Crippen molar-refractivity contribution in [2.24, 2.45) is 4.99 Å². The van der Waals surface area contributed by atoms with Crippen molar-refractivity contribution >= 4 is 6.21 Å². The van der Waals surface area contributed by atoms with Gasteiger partial charge in [-0.25, -0.2) is 0 Å². The summed E-state index contributed by atoms with van der Waals surface area (Å²) in [7, 11) is 0. The van der Waals surface area contributed by atoms with E-state index in [0.717, 1.165) is 6.54 Å². The molecule has 0 spiro atoms. The summed E-state index contributed by atoms with van der Waals surface area (Å²) in [5, 5.41) is 0. The lowest BCUT2D eigenvalue weighted by molar-refractivity contribution is 0.676. The van der Waals surface area contributed by atoms with Crippen molar-refractivity contribution in [3.8, 4) is 0 Å². The molecule has 0 rings (SSSR count). The molecular weight excluding hydrogens is 146 g/mol. The van der Waals surface area contributed by atoms with Crippen molar-refractivity contribution in [3.05, 3.63) is 11.6 Å². The molecule has 0 aliphatic rings. The fraction of sp³-hybridized carbons (Fsp3) is 0.727. The zero-order chi connectivity index (χ0) is 9.23. The van der Waals surface area contributed by atoms with Gasteiger partial charge in [0, 0.05) is 12.8 Å². The Morgan fingerprint density at radius 3 is 2.58 bits per heavy atom. The third-order valence-electron chi connectivity index (χ3n) is 1.89. The van der Waals surface area contributed by atoms with Crippen molar-refractivity contribution in [2.45, 2.75) is 46.5 Å². The van der Waals surface area contributed by atoms with Gasteiger partial charge in [0.1, 0.15) is 0 Å². The molecule has 0 saturated carbocycles. The first-order valence-corrected chi connectivity index (χ1v) is 4.94. The standard InChI is InChI=1S/C11H21N/c1-4-6-7-8-9-12-10-11(3)5-2/h5,10H,4,6-9H2,1-3H3. The highest BCUT2D eigenvalue weighted by molar-refractivity contribution is 5.77. The van der Waals surface area contributed by atoms with E-state index in [1.807, 2.05) is 13.1 Å². The summed E-state index contributed by atoms with van der Waals surface area (Å²) in [4.78, 5) is 4.32. The third-order valence-corrected chi connectivity index (χ3v) is 1.89. The zero-order valence-corrected chi connectivity index (χ0v) is 8.64. The number of hydrogen-bond acceptors (Lipinski definition) is 1.